The van der Waals surface area contributed by atoms with Gasteiger partial charge in [-0.1, -0.05) is 45.8 Å². The molecule has 0 aromatic heterocycles. The Balaban J connectivity index is 2.22. The van der Waals surface area contributed by atoms with Gasteiger partial charge in [0.2, 0.25) is 0 Å². The molecule has 0 aliphatic rings. The third-order valence-electron chi connectivity index (χ3n) is 2.68. The molecule has 0 bridgehead atoms. The smallest absolute Gasteiger partial charge is 0.170 e. The molecule has 92 valence electrons. The highest BCUT2D eigenvalue weighted by Gasteiger charge is 2.12. The number of halogens is 2. The molecule has 0 aliphatic heterocycles. The SMILES string of the molecule is Cc1cccc(CC(=O)c2ccc(Br)cc2F)c1. The van der Waals surface area contributed by atoms with Crippen molar-refractivity contribution in [1.29, 1.82) is 0 Å². The first-order valence-corrected chi connectivity index (χ1v) is 6.39. The molecule has 1 nitrogen and oxygen atoms in total. The highest BCUT2D eigenvalue weighted by atomic mass is 79.9. The summed E-state index contributed by atoms with van der Waals surface area (Å²) in [7, 11) is 0. The molecule has 2 rings (SSSR count). The number of Topliss-reactive ketones (excluding diaryl/α,β-unsaturated/α-hetero) is 1. The Bertz CT molecular complexity index is 593. The van der Waals surface area contributed by atoms with Crippen molar-refractivity contribution in [3.63, 3.8) is 0 Å². The van der Waals surface area contributed by atoms with Crippen LogP contribution in [0.2, 0.25) is 0 Å². The van der Waals surface area contributed by atoms with Gasteiger partial charge >= 0.3 is 0 Å². The Kier molecular flexibility index (Phi) is 3.92. The minimum atomic E-state index is -0.484. The van der Waals surface area contributed by atoms with Crippen LogP contribution < -0.4 is 0 Å². The number of rotatable bonds is 3. The summed E-state index contributed by atoms with van der Waals surface area (Å²) in [5, 5.41) is 0. The fourth-order valence-electron chi connectivity index (χ4n) is 1.82. The van der Waals surface area contributed by atoms with Crippen LogP contribution in [0.15, 0.2) is 46.9 Å². The van der Waals surface area contributed by atoms with Gasteiger partial charge in [-0.05, 0) is 30.7 Å². The molecule has 3 heteroatoms. The minimum Gasteiger partial charge on any atom is -0.294 e. The van der Waals surface area contributed by atoms with E-state index in [2.05, 4.69) is 15.9 Å². The zero-order chi connectivity index (χ0) is 13.1. The molecule has 0 atom stereocenters. The Morgan fingerprint density at radius 2 is 2.00 bits per heavy atom. The van der Waals surface area contributed by atoms with Crippen LogP contribution in [0.25, 0.3) is 0 Å². The zero-order valence-corrected chi connectivity index (χ0v) is 11.5. The van der Waals surface area contributed by atoms with Crippen LogP contribution in [0.3, 0.4) is 0 Å². The molecule has 2 aromatic carbocycles. The van der Waals surface area contributed by atoms with Crippen LogP contribution >= 0.6 is 15.9 Å². The standard InChI is InChI=1S/C15H12BrFO/c1-10-3-2-4-11(7-10)8-15(18)13-6-5-12(16)9-14(13)17/h2-7,9H,8H2,1H3. The molecule has 0 aliphatic carbocycles. The summed E-state index contributed by atoms with van der Waals surface area (Å²) >= 11 is 3.17. The molecule has 0 N–H and O–H groups in total. The van der Waals surface area contributed by atoms with E-state index in [0.29, 0.717) is 4.47 Å². The van der Waals surface area contributed by atoms with E-state index in [0.717, 1.165) is 11.1 Å². The monoisotopic (exact) mass is 306 g/mol. The van der Waals surface area contributed by atoms with Gasteiger partial charge in [-0.3, -0.25) is 4.79 Å². The molecule has 0 unspecified atom stereocenters. The number of carbonyl (C=O) groups excluding carboxylic acids is 1. The lowest BCUT2D eigenvalue weighted by molar-refractivity contribution is 0.0989. The topological polar surface area (TPSA) is 17.1 Å². The lowest BCUT2D eigenvalue weighted by Crippen LogP contribution is -2.06. The average Bonchev–Trinajstić information content (AvgIpc) is 2.28. The number of aryl methyl sites for hydroxylation is 1. The molecule has 0 saturated heterocycles. The van der Waals surface area contributed by atoms with Gasteiger partial charge in [-0.15, -0.1) is 0 Å². The molecular weight excluding hydrogens is 295 g/mol. The van der Waals surface area contributed by atoms with E-state index in [1.54, 1.807) is 6.07 Å². The van der Waals surface area contributed by atoms with Crippen LogP contribution in [-0.4, -0.2) is 5.78 Å². The van der Waals surface area contributed by atoms with Crippen LogP contribution in [0.1, 0.15) is 21.5 Å². The first-order chi connectivity index (χ1) is 8.56. The summed E-state index contributed by atoms with van der Waals surface area (Å²) in [4.78, 5) is 12.0. The van der Waals surface area contributed by atoms with E-state index in [9.17, 15) is 9.18 Å². The van der Waals surface area contributed by atoms with Crippen molar-refractivity contribution in [3.05, 3.63) is 69.4 Å². The molecule has 0 fully saturated rings. The van der Waals surface area contributed by atoms with Gasteiger partial charge in [-0.2, -0.15) is 0 Å². The van der Waals surface area contributed by atoms with E-state index < -0.39 is 5.82 Å². The first-order valence-electron chi connectivity index (χ1n) is 5.60. The molecule has 0 spiro atoms. The number of hydrogen-bond acceptors (Lipinski definition) is 1. The van der Waals surface area contributed by atoms with Crippen LogP contribution in [0.5, 0.6) is 0 Å². The second-order valence-corrected chi connectivity index (χ2v) is 5.13. The molecular formula is C15H12BrFO. The summed E-state index contributed by atoms with van der Waals surface area (Å²) < 4.78 is 14.3. The summed E-state index contributed by atoms with van der Waals surface area (Å²) in [6, 6.07) is 12.2. The number of hydrogen-bond donors (Lipinski definition) is 0. The highest BCUT2D eigenvalue weighted by molar-refractivity contribution is 9.10. The highest BCUT2D eigenvalue weighted by Crippen LogP contribution is 2.17. The Morgan fingerprint density at radius 1 is 1.22 bits per heavy atom. The minimum absolute atomic E-state index is 0.139. The third kappa shape index (κ3) is 3.05. The number of carbonyl (C=O) groups is 1. The summed E-state index contributed by atoms with van der Waals surface area (Å²) in [6.45, 7) is 1.97. The van der Waals surface area contributed by atoms with E-state index in [-0.39, 0.29) is 17.8 Å². The molecule has 0 saturated carbocycles. The molecule has 0 heterocycles. The van der Waals surface area contributed by atoms with Crippen molar-refractivity contribution >= 4 is 21.7 Å². The second-order valence-electron chi connectivity index (χ2n) is 4.21. The van der Waals surface area contributed by atoms with Crippen molar-refractivity contribution in [1.82, 2.24) is 0 Å². The average molecular weight is 307 g/mol. The predicted octanol–water partition coefficient (Wildman–Crippen LogP) is 4.32. The van der Waals surface area contributed by atoms with E-state index in [1.165, 1.54) is 12.1 Å². The van der Waals surface area contributed by atoms with Gasteiger partial charge in [0.1, 0.15) is 5.82 Å². The van der Waals surface area contributed by atoms with Gasteiger partial charge in [-0.25, -0.2) is 4.39 Å². The van der Waals surface area contributed by atoms with Gasteiger partial charge in [0.15, 0.2) is 5.78 Å². The zero-order valence-electron chi connectivity index (χ0n) is 9.91. The predicted molar refractivity (Wildman–Crippen MR) is 73.3 cm³/mol. The maximum absolute atomic E-state index is 13.6. The van der Waals surface area contributed by atoms with Gasteiger partial charge < -0.3 is 0 Å². The van der Waals surface area contributed by atoms with Crippen molar-refractivity contribution in [3.8, 4) is 0 Å². The summed E-state index contributed by atoms with van der Waals surface area (Å²) in [5.41, 5.74) is 2.14. The summed E-state index contributed by atoms with van der Waals surface area (Å²) in [6.07, 6.45) is 0.222. The van der Waals surface area contributed by atoms with E-state index in [4.69, 9.17) is 0 Å². The van der Waals surface area contributed by atoms with E-state index in [1.807, 2.05) is 31.2 Å². The van der Waals surface area contributed by atoms with Gasteiger partial charge in [0, 0.05) is 10.9 Å². The van der Waals surface area contributed by atoms with Crippen LogP contribution in [0, 0.1) is 12.7 Å². The molecule has 0 amide bonds. The Morgan fingerprint density at radius 3 is 2.67 bits per heavy atom. The normalized spacial score (nSPS) is 10.4. The van der Waals surface area contributed by atoms with Crippen molar-refractivity contribution in [2.24, 2.45) is 0 Å². The second kappa shape index (κ2) is 5.44. The van der Waals surface area contributed by atoms with Crippen molar-refractivity contribution < 1.29 is 9.18 Å². The quantitative estimate of drug-likeness (QED) is 0.772. The van der Waals surface area contributed by atoms with Crippen LogP contribution in [0.4, 0.5) is 4.39 Å². The lowest BCUT2D eigenvalue weighted by Gasteiger charge is -2.04. The van der Waals surface area contributed by atoms with Gasteiger partial charge in [0.05, 0.1) is 5.56 Å². The van der Waals surface area contributed by atoms with Crippen molar-refractivity contribution in [2.75, 3.05) is 0 Å². The number of ketones is 1. The molecule has 18 heavy (non-hydrogen) atoms. The lowest BCUT2D eigenvalue weighted by atomic mass is 10.0. The fraction of sp³-hybridized carbons (Fsp3) is 0.133. The fourth-order valence-corrected chi connectivity index (χ4v) is 2.15. The maximum atomic E-state index is 13.6. The Labute approximate surface area is 114 Å². The maximum Gasteiger partial charge on any atom is 0.170 e. The van der Waals surface area contributed by atoms with Crippen LogP contribution in [-0.2, 0) is 6.42 Å². The Hall–Kier alpha value is -1.48. The van der Waals surface area contributed by atoms with Gasteiger partial charge in [0.25, 0.3) is 0 Å². The van der Waals surface area contributed by atoms with Crippen molar-refractivity contribution in [2.45, 2.75) is 13.3 Å². The van der Waals surface area contributed by atoms with E-state index >= 15 is 0 Å². The largest absolute Gasteiger partial charge is 0.294 e. The number of benzene rings is 2. The first kappa shape index (κ1) is 13.0. The molecule has 0 radical (unpaired) electrons. The molecule has 2 aromatic rings. The summed E-state index contributed by atoms with van der Waals surface area (Å²) in [5.74, 6) is -0.687. The third-order valence-corrected chi connectivity index (χ3v) is 3.17.